The van der Waals surface area contributed by atoms with Crippen molar-refractivity contribution in [1.29, 1.82) is 0 Å². The first kappa shape index (κ1) is 16.8. The predicted octanol–water partition coefficient (Wildman–Crippen LogP) is 1.52. The molecule has 0 unspecified atom stereocenters. The quantitative estimate of drug-likeness (QED) is 0.749. The van der Waals surface area contributed by atoms with Gasteiger partial charge in [-0.15, -0.1) is 0 Å². The molecule has 1 aromatic carbocycles. The number of hydrogen-bond acceptors (Lipinski definition) is 5. The SMILES string of the molecule is Cc1noc(C)c1S(=O)(=O)N1CCc2[nH]n(-c3ccccc3)c(=O)c2C1. The van der Waals surface area contributed by atoms with E-state index in [0.717, 1.165) is 5.69 Å². The zero-order chi connectivity index (χ0) is 18.5. The third-order valence-corrected chi connectivity index (χ3v) is 6.69. The van der Waals surface area contributed by atoms with Crippen LogP contribution in [0.3, 0.4) is 0 Å². The molecule has 1 aliphatic heterocycles. The van der Waals surface area contributed by atoms with Crippen LogP contribution < -0.4 is 5.56 Å². The second kappa shape index (κ2) is 5.96. The van der Waals surface area contributed by atoms with Gasteiger partial charge in [-0.05, 0) is 26.0 Å². The lowest BCUT2D eigenvalue weighted by Crippen LogP contribution is -2.38. The minimum Gasteiger partial charge on any atom is -0.360 e. The average Bonchev–Trinajstić information content (AvgIpc) is 3.15. The van der Waals surface area contributed by atoms with Crippen LogP contribution in [0.25, 0.3) is 5.69 Å². The standard InChI is InChI=1S/C17H18N4O4S/c1-11-16(12(2)25-19-11)26(23,24)20-9-8-15-14(10-20)17(22)21(18-15)13-6-4-3-5-7-13/h3-7,18H,8-10H2,1-2H3. The van der Waals surface area contributed by atoms with Crippen molar-refractivity contribution in [2.24, 2.45) is 0 Å². The van der Waals surface area contributed by atoms with E-state index < -0.39 is 10.0 Å². The number of hydrogen-bond donors (Lipinski definition) is 1. The van der Waals surface area contributed by atoms with Crippen LogP contribution in [0.1, 0.15) is 22.7 Å². The third kappa shape index (κ3) is 2.51. The van der Waals surface area contributed by atoms with Crippen molar-refractivity contribution in [1.82, 2.24) is 19.2 Å². The molecule has 2 aromatic heterocycles. The number of aromatic amines is 1. The van der Waals surface area contributed by atoms with Crippen molar-refractivity contribution in [2.45, 2.75) is 31.7 Å². The Hall–Kier alpha value is -2.65. The van der Waals surface area contributed by atoms with Crippen molar-refractivity contribution < 1.29 is 12.9 Å². The Labute approximate surface area is 150 Å². The highest BCUT2D eigenvalue weighted by Crippen LogP contribution is 2.27. The topological polar surface area (TPSA) is 101 Å². The number of benzene rings is 1. The fourth-order valence-electron chi connectivity index (χ4n) is 3.32. The van der Waals surface area contributed by atoms with E-state index in [-0.39, 0.29) is 29.3 Å². The van der Waals surface area contributed by atoms with Gasteiger partial charge in [0.2, 0.25) is 10.0 Å². The van der Waals surface area contributed by atoms with Crippen LogP contribution >= 0.6 is 0 Å². The van der Waals surface area contributed by atoms with Crippen LogP contribution in [0.5, 0.6) is 0 Å². The number of rotatable bonds is 3. The monoisotopic (exact) mass is 374 g/mol. The third-order valence-electron chi connectivity index (χ3n) is 4.60. The number of H-pyrrole nitrogens is 1. The Morgan fingerprint density at radius 3 is 2.58 bits per heavy atom. The molecule has 0 radical (unpaired) electrons. The molecule has 0 amide bonds. The maximum absolute atomic E-state index is 13.0. The normalized spacial score (nSPS) is 15.2. The van der Waals surface area contributed by atoms with Gasteiger partial charge in [-0.25, -0.2) is 13.1 Å². The van der Waals surface area contributed by atoms with Gasteiger partial charge in [0.25, 0.3) is 5.56 Å². The van der Waals surface area contributed by atoms with E-state index in [2.05, 4.69) is 10.3 Å². The fourth-order valence-corrected chi connectivity index (χ4v) is 5.02. The minimum absolute atomic E-state index is 0.0247. The molecule has 4 rings (SSSR count). The van der Waals surface area contributed by atoms with Gasteiger partial charge < -0.3 is 4.52 Å². The van der Waals surface area contributed by atoms with E-state index in [0.29, 0.717) is 23.4 Å². The summed E-state index contributed by atoms with van der Waals surface area (Å²) in [7, 11) is -3.78. The summed E-state index contributed by atoms with van der Waals surface area (Å²) in [5, 5.41) is 6.83. The number of aryl methyl sites for hydroxylation is 2. The molecule has 0 fully saturated rings. The lowest BCUT2D eigenvalue weighted by atomic mass is 10.1. The van der Waals surface area contributed by atoms with Crippen molar-refractivity contribution in [3.8, 4) is 5.69 Å². The Kier molecular flexibility index (Phi) is 3.85. The summed E-state index contributed by atoms with van der Waals surface area (Å²) in [6.07, 6.45) is 0.438. The van der Waals surface area contributed by atoms with Gasteiger partial charge >= 0.3 is 0 Å². The smallest absolute Gasteiger partial charge is 0.276 e. The number of sulfonamides is 1. The van der Waals surface area contributed by atoms with Crippen LogP contribution in [0.15, 0.2) is 44.5 Å². The van der Waals surface area contributed by atoms with E-state index in [1.54, 1.807) is 13.8 Å². The molecule has 9 heteroatoms. The summed E-state index contributed by atoms with van der Waals surface area (Å²) in [5.74, 6) is 0.254. The molecule has 26 heavy (non-hydrogen) atoms. The molecule has 0 bridgehead atoms. The molecule has 0 spiro atoms. The van der Waals surface area contributed by atoms with Crippen LogP contribution in [-0.4, -0.2) is 34.2 Å². The maximum Gasteiger partial charge on any atom is 0.276 e. The number of nitrogens with one attached hydrogen (secondary N) is 1. The van der Waals surface area contributed by atoms with Gasteiger partial charge in [0, 0.05) is 25.2 Å². The van der Waals surface area contributed by atoms with Gasteiger partial charge in [-0.2, -0.15) is 4.31 Å². The summed E-state index contributed by atoms with van der Waals surface area (Å²) in [5.41, 5.74) is 2.04. The van der Waals surface area contributed by atoms with Crippen LogP contribution in [-0.2, 0) is 23.0 Å². The second-order valence-corrected chi connectivity index (χ2v) is 8.16. The molecule has 8 nitrogen and oxygen atoms in total. The zero-order valence-corrected chi connectivity index (χ0v) is 15.2. The summed E-state index contributed by atoms with van der Waals surface area (Å²) < 4.78 is 33.8. The van der Waals surface area contributed by atoms with E-state index >= 15 is 0 Å². The molecule has 0 saturated heterocycles. The summed E-state index contributed by atoms with van der Waals surface area (Å²) in [6.45, 7) is 3.48. The highest BCUT2D eigenvalue weighted by atomic mass is 32.2. The number of aromatic nitrogens is 3. The van der Waals surface area contributed by atoms with Gasteiger partial charge in [-0.1, -0.05) is 23.4 Å². The molecule has 3 heterocycles. The van der Waals surface area contributed by atoms with Gasteiger partial charge in [0.15, 0.2) is 5.76 Å². The number of fused-ring (bicyclic) bond motifs is 1. The average molecular weight is 374 g/mol. The Balaban J connectivity index is 1.73. The van der Waals surface area contributed by atoms with Gasteiger partial charge in [0.1, 0.15) is 10.6 Å². The van der Waals surface area contributed by atoms with Gasteiger partial charge in [-0.3, -0.25) is 9.89 Å². The van der Waals surface area contributed by atoms with Crippen molar-refractivity contribution in [3.63, 3.8) is 0 Å². The fraction of sp³-hybridized carbons (Fsp3) is 0.294. The van der Waals surface area contributed by atoms with Crippen molar-refractivity contribution >= 4 is 10.0 Å². The highest BCUT2D eigenvalue weighted by molar-refractivity contribution is 7.89. The lowest BCUT2D eigenvalue weighted by Gasteiger charge is -2.25. The first-order valence-corrected chi connectivity index (χ1v) is 9.65. The molecule has 0 aliphatic carbocycles. The van der Waals surface area contributed by atoms with E-state index in [9.17, 15) is 13.2 Å². The highest BCUT2D eigenvalue weighted by Gasteiger charge is 2.35. The number of nitrogens with zero attached hydrogens (tertiary/aromatic N) is 3. The van der Waals surface area contributed by atoms with Crippen LogP contribution in [0.4, 0.5) is 0 Å². The molecule has 0 saturated carbocycles. The molecule has 1 N–H and O–H groups in total. The van der Waals surface area contributed by atoms with Crippen LogP contribution in [0.2, 0.25) is 0 Å². The maximum atomic E-state index is 13.0. The predicted molar refractivity (Wildman–Crippen MR) is 93.7 cm³/mol. The van der Waals surface area contributed by atoms with Crippen LogP contribution in [0, 0.1) is 13.8 Å². The first-order valence-electron chi connectivity index (χ1n) is 8.21. The Morgan fingerprint density at radius 2 is 1.92 bits per heavy atom. The number of para-hydroxylation sites is 1. The second-order valence-electron chi connectivity index (χ2n) is 6.29. The molecule has 1 aliphatic rings. The molecular weight excluding hydrogens is 356 g/mol. The molecule has 0 atom stereocenters. The van der Waals surface area contributed by atoms with Crippen molar-refractivity contribution in [2.75, 3.05) is 6.54 Å². The summed E-state index contributed by atoms with van der Waals surface area (Å²) in [4.78, 5) is 12.9. The van der Waals surface area contributed by atoms with Crippen molar-refractivity contribution in [3.05, 3.63) is 63.4 Å². The zero-order valence-electron chi connectivity index (χ0n) is 14.4. The van der Waals surface area contributed by atoms with E-state index in [1.807, 2.05) is 30.3 Å². The molecule has 136 valence electrons. The molecular formula is C17H18N4O4S. The Bertz CT molecular complexity index is 1110. The molecule has 3 aromatic rings. The lowest BCUT2D eigenvalue weighted by molar-refractivity contribution is 0.380. The van der Waals surface area contributed by atoms with Gasteiger partial charge in [0.05, 0.1) is 11.3 Å². The minimum atomic E-state index is -3.78. The van der Waals surface area contributed by atoms with E-state index in [1.165, 1.54) is 8.99 Å². The summed E-state index contributed by atoms with van der Waals surface area (Å²) >= 11 is 0. The summed E-state index contributed by atoms with van der Waals surface area (Å²) in [6, 6.07) is 9.20. The first-order chi connectivity index (χ1) is 12.4. The van der Waals surface area contributed by atoms with E-state index in [4.69, 9.17) is 4.52 Å². The Morgan fingerprint density at radius 1 is 1.19 bits per heavy atom. The largest absolute Gasteiger partial charge is 0.360 e.